The van der Waals surface area contributed by atoms with Crippen molar-refractivity contribution in [1.29, 1.82) is 0 Å². The fourth-order valence-corrected chi connectivity index (χ4v) is 3.14. The predicted molar refractivity (Wildman–Crippen MR) is 82.2 cm³/mol. The Hall–Kier alpha value is -1.35. The number of benzene rings is 1. The van der Waals surface area contributed by atoms with E-state index in [2.05, 4.69) is 16.7 Å². The van der Waals surface area contributed by atoms with E-state index >= 15 is 0 Å². The molecule has 1 fully saturated rings. The second-order valence-electron chi connectivity index (χ2n) is 4.57. The number of ether oxygens (including phenoxy) is 1. The third kappa shape index (κ3) is 4.97. The molecule has 0 aliphatic carbocycles. The highest BCUT2D eigenvalue weighted by Crippen LogP contribution is 2.12. The Bertz CT molecular complexity index is 512. The van der Waals surface area contributed by atoms with Crippen molar-refractivity contribution in [3.8, 4) is 17.6 Å². The Kier molecular flexibility index (Phi) is 6.06. The van der Waals surface area contributed by atoms with Crippen molar-refractivity contribution in [1.82, 2.24) is 4.90 Å². The van der Waals surface area contributed by atoms with Crippen molar-refractivity contribution in [2.45, 2.75) is 0 Å². The molecule has 0 bridgehead atoms. The standard InChI is InChI=1S/C15H20N2O2S/c16-6-2-4-14-3-1-5-15(13-14)19-10-7-17-8-11-20(18)12-9-17/h1,3,5,13H,6-12,16H2. The van der Waals surface area contributed by atoms with Gasteiger partial charge in [0.2, 0.25) is 0 Å². The van der Waals surface area contributed by atoms with Gasteiger partial charge in [-0.1, -0.05) is 17.9 Å². The van der Waals surface area contributed by atoms with Gasteiger partial charge in [0.15, 0.2) is 0 Å². The van der Waals surface area contributed by atoms with E-state index in [0.717, 1.165) is 42.5 Å². The summed E-state index contributed by atoms with van der Waals surface area (Å²) in [5.74, 6) is 8.21. The summed E-state index contributed by atoms with van der Waals surface area (Å²) >= 11 is 0. The molecular weight excluding hydrogens is 272 g/mol. The molecule has 1 aromatic rings. The molecule has 0 saturated carbocycles. The van der Waals surface area contributed by atoms with Crippen molar-refractivity contribution in [2.75, 3.05) is 44.3 Å². The molecule has 0 unspecified atom stereocenters. The largest absolute Gasteiger partial charge is 0.492 e. The Labute approximate surface area is 122 Å². The van der Waals surface area contributed by atoms with Crippen LogP contribution in [0.4, 0.5) is 0 Å². The smallest absolute Gasteiger partial charge is 0.120 e. The second-order valence-corrected chi connectivity index (χ2v) is 6.27. The van der Waals surface area contributed by atoms with Crippen LogP contribution in [-0.4, -0.2) is 53.4 Å². The first-order chi connectivity index (χ1) is 9.78. The molecule has 5 heteroatoms. The zero-order valence-corrected chi connectivity index (χ0v) is 12.3. The summed E-state index contributed by atoms with van der Waals surface area (Å²) in [5, 5.41) is 0. The van der Waals surface area contributed by atoms with Gasteiger partial charge in [-0.25, -0.2) is 0 Å². The van der Waals surface area contributed by atoms with E-state index in [4.69, 9.17) is 10.5 Å². The Morgan fingerprint density at radius 2 is 2.15 bits per heavy atom. The summed E-state index contributed by atoms with van der Waals surface area (Å²) in [6.45, 7) is 3.67. The molecule has 1 heterocycles. The average Bonchev–Trinajstić information content (AvgIpc) is 2.48. The van der Waals surface area contributed by atoms with Crippen molar-refractivity contribution in [3.05, 3.63) is 29.8 Å². The summed E-state index contributed by atoms with van der Waals surface area (Å²) in [4.78, 5) is 2.29. The maximum atomic E-state index is 11.3. The monoisotopic (exact) mass is 292 g/mol. The topological polar surface area (TPSA) is 55.6 Å². The molecule has 1 aliphatic rings. The van der Waals surface area contributed by atoms with Crippen molar-refractivity contribution >= 4 is 10.8 Å². The third-order valence-electron chi connectivity index (χ3n) is 3.12. The molecule has 4 nitrogen and oxygen atoms in total. The van der Waals surface area contributed by atoms with Crippen LogP contribution in [0.2, 0.25) is 0 Å². The molecular formula is C15H20N2O2S. The zero-order chi connectivity index (χ0) is 14.2. The van der Waals surface area contributed by atoms with Crippen LogP contribution in [0.3, 0.4) is 0 Å². The van der Waals surface area contributed by atoms with Crippen LogP contribution in [0.25, 0.3) is 0 Å². The molecule has 1 saturated heterocycles. The fraction of sp³-hybridized carbons (Fsp3) is 0.467. The van der Waals surface area contributed by atoms with Crippen LogP contribution >= 0.6 is 0 Å². The predicted octanol–water partition coefficient (Wildman–Crippen LogP) is 0.440. The minimum Gasteiger partial charge on any atom is -0.492 e. The van der Waals surface area contributed by atoms with Crippen molar-refractivity contribution in [2.24, 2.45) is 5.73 Å². The highest BCUT2D eigenvalue weighted by atomic mass is 32.2. The third-order valence-corrected chi connectivity index (χ3v) is 4.39. The van der Waals surface area contributed by atoms with Gasteiger partial charge in [-0.2, -0.15) is 0 Å². The van der Waals surface area contributed by atoms with Crippen LogP contribution in [0.5, 0.6) is 5.75 Å². The number of nitrogens with zero attached hydrogens (tertiary/aromatic N) is 1. The first-order valence-corrected chi connectivity index (χ1v) is 8.26. The van der Waals surface area contributed by atoms with Crippen molar-refractivity contribution < 1.29 is 8.95 Å². The van der Waals surface area contributed by atoms with Gasteiger partial charge in [0.1, 0.15) is 12.4 Å². The molecule has 0 aromatic heterocycles. The SMILES string of the molecule is NCC#Cc1cccc(OCCN2CCS(=O)CC2)c1. The van der Waals surface area contributed by atoms with Crippen LogP contribution in [-0.2, 0) is 10.8 Å². The average molecular weight is 292 g/mol. The number of hydrogen-bond donors (Lipinski definition) is 1. The van der Waals surface area contributed by atoms with E-state index in [-0.39, 0.29) is 0 Å². The van der Waals surface area contributed by atoms with Gasteiger partial charge in [-0.05, 0) is 18.2 Å². The summed E-state index contributed by atoms with van der Waals surface area (Å²) in [6.07, 6.45) is 0. The van der Waals surface area contributed by atoms with E-state index < -0.39 is 10.8 Å². The molecule has 20 heavy (non-hydrogen) atoms. The van der Waals surface area contributed by atoms with Crippen molar-refractivity contribution in [3.63, 3.8) is 0 Å². The molecule has 0 amide bonds. The molecule has 0 radical (unpaired) electrons. The van der Waals surface area contributed by atoms with E-state index in [1.165, 1.54) is 0 Å². The number of nitrogens with two attached hydrogens (primary N) is 1. The molecule has 1 aliphatic heterocycles. The van der Waals surface area contributed by atoms with E-state index in [0.29, 0.717) is 13.2 Å². The molecule has 1 aromatic carbocycles. The highest BCUT2D eigenvalue weighted by Gasteiger charge is 2.14. The van der Waals surface area contributed by atoms with Gasteiger partial charge in [-0.15, -0.1) is 0 Å². The van der Waals surface area contributed by atoms with Crippen LogP contribution < -0.4 is 10.5 Å². The van der Waals surface area contributed by atoms with Crippen LogP contribution in [0, 0.1) is 11.8 Å². The first kappa shape index (κ1) is 15.0. The minimum absolute atomic E-state index is 0.363. The quantitative estimate of drug-likeness (QED) is 0.818. The van der Waals surface area contributed by atoms with Gasteiger partial charge in [0, 0.05) is 47.5 Å². The van der Waals surface area contributed by atoms with E-state index in [9.17, 15) is 4.21 Å². The van der Waals surface area contributed by atoms with Gasteiger partial charge in [0.05, 0.1) is 6.54 Å². The first-order valence-electron chi connectivity index (χ1n) is 6.77. The number of rotatable bonds is 4. The molecule has 2 N–H and O–H groups in total. The van der Waals surface area contributed by atoms with Gasteiger partial charge >= 0.3 is 0 Å². The van der Waals surface area contributed by atoms with Gasteiger partial charge in [0.25, 0.3) is 0 Å². The Balaban J connectivity index is 1.77. The fourth-order valence-electron chi connectivity index (χ4n) is 2.01. The number of hydrogen-bond acceptors (Lipinski definition) is 4. The molecule has 0 atom stereocenters. The van der Waals surface area contributed by atoms with Gasteiger partial charge < -0.3 is 10.5 Å². The van der Waals surface area contributed by atoms with E-state index in [1.807, 2.05) is 24.3 Å². The summed E-state index contributed by atoms with van der Waals surface area (Å²) < 4.78 is 17.0. The van der Waals surface area contributed by atoms with E-state index in [1.54, 1.807) is 0 Å². The Morgan fingerprint density at radius 1 is 1.35 bits per heavy atom. The Morgan fingerprint density at radius 3 is 2.90 bits per heavy atom. The lowest BCUT2D eigenvalue weighted by atomic mass is 10.2. The summed E-state index contributed by atoms with van der Waals surface area (Å²) in [5.41, 5.74) is 6.27. The normalized spacial score (nSPS) is 16.4. The molecule has 2 rings (SSSR count). The second kappa shape index (κ2) is 8.05. The van der Waals surface area contributed by atoms with Crippen LogP contribution in [0.15, 0.2) is 24.3 Å². The maximum absolute atomic E-state index is 11.3. The summed E-state index contributed by atoms with van der Waals surface area (Å²) in [7, 11) is -0.617. The lowest BCUT2D eigenvalue weighted by Crippen LogP contribution is -2.39. The maximum Gasteiger partial charge on any atom is 0.120 e. The highest BCUT2D eigenvalue weighted by molar-refractivity contribution is 7.85. The minimum atomic E-state index is -0.617. The zero-order valence-electron chi connectivity index (χ0n) is 11.5. The lowest BCUT2D eigenvalue weighted by Gasteiger charge is -2.25. The van der Waals surface area contributed by atoms with Gasteiger partial charge in [-0.3, -0.25) is 9.11 Å². The lowest BCUT2D eigenvalue weighted by molar-refractivity contribution is 0.221. The molecule has 0 spiro atoms. The van der Waals surface area contributed by atoms with Crippen LogP contribution in [0.1, 0.15) is 5.56 Å². The molecule has 108 valence electrons. The summed E-state index contributed by atoms with van der Waals surface area (Å²) in [6, 6.07) is 7.72.